The third kappa shape index (κ3) is 4.55. The first kappa shape index (κ1) is 16.7. The van der Waals surface area contributed by atoms with Gasteiger partial charge in [-0.15, -0.1) is 12.4 Å². The molecule has 1 amide bonds. The van der Waals surface area contributed by atoms with Crippen LogP contribution >= 0.6 is 12.4 Å². The van der Waals surface area contributed by atoms with Gasteiger partial charge in [0, 0.05) is 24.8 Å². The van der Waals surface area contributed by atoms with E-state index in [4.69, 9.17) is 5.73 Å². The van der Waals surface area contributed by atoms with Gasteiger partial charge in [0.2, 0.25) is 0 Å². The standard InChI is InChI=1S/C13H20N2O2.ClH/c1-9-4-5-11(14)8-12(9)13(17)15(3)7-6-10(2)16;/h4-5,8,10,16H,6-7,14H2,1-3H3;1H. The quantitative estimate of drug-likeness (QED) is 0.822. The molecule has 0 fully saturated rings. The van der Waals surface area contributed by atoms with Crippen LogP contribution in [0.4, 0.5) is 5.69 Å². The van der Waals surface area contributed by atoms with Crippen molar-refractivity contribution in [3.8, 4) is 0 Å². The normalized spacial score (nSPS) is 11.6. The molecule has 5 heteroatoms. The van der Waals surface area contributed by atoms with Crippen LogP contribution in [-0.2, 0) is 0 Å². The van der Waals surface area contributed by atoms with E-state index < -0.39 is 6.10 Å². The average molecular weight is 273 g/mol. The Hall–Kier alpha value is -1.26. The summed E-state index contributed by atoms with van der Waals surface area (Å²) in [6, 6.07) is 5.31. The summed E-state index contributed by atoms with van der Waals surface area (Å²) in [5, 5.41) is 9.19. The Labute approximate surface area is 114 Å². The van der Waals surface area contributed by atoms with Crippen molar-refractivity contribution in [1.82, 2.24) is 4.90 Å². The molecule has 0 bridgehead atoms. The van der Waals surface area contributed by atoms with Crippen LogP contribution in [0.15, 0.2) is 18.2 Å². The van der Waals surface area contributed by atoms with Gasteiger partial charge in [-0.3, -0.25) is 4.79 Å². The lowest BCUT2D eigenvalue weighted by molar-refractivity contribution is 0.0768. The molecule has 0 aliphatic rings. The molecule has 1 aromatic carbocycles. The van der Waals surface area contributed by atoms with Crippen LogP contribution < -0.4 is 5.73 Å². The van der Waals surface area contributed by atoms with Crippen LogP contribution in [0.3, 0.4) is 0 Å². The molecule has 1 rings (SSSR count). The number of aliphatic hydroxyl groups excluding tert-OH is 1. The SMILES string of the molecule is Cc1ccc(N)cc1C(=O)N(C)CCC(C)O.Cl. The van der Waals surface area contributed by atoms with Gasteiger partial charge in [-0.1, -0.05) is 6.07 Å². The minimum absolute atomic E-state index is 0. The number of nitrogen functional groups attached to an aromatic ring is 1. The first-order valence-electron chi connectivity index (χ1n) is 5.71. The van der Waals surface area contributed by atoms with E-state index in [2.05, 4.69) is 0 Å². The number of aryl methyl sites for hydroxylation is 1. The van der Waals surface area contributed by atoms with Crippen LogP contribution in [0.1, 0.15) is 29.3 Å². The number of carbonyl (C=O) groups excluding carboxylic acids is 1. The van der Waals surface area contributed by atoms with Crippen LogP contribution in [0.2, 0.25) is 0 Å². The van der Waals surface area contributed by atoms with Gasteiger partial charge in [-0.25, -0.2) is 0 Å². The van der Waals surface area contributed by atoms with Gasteiger partial charge in [-0.05, 0) is 38.0 Å². The van der Waals surface area contributed by atoms with Crippen molar-refractivity contribution in [1.29, 1.82) is 0 Å². The Morgan fingerprint density at radius 1 is 1.50 bits per heavy atom. The number of amides is 1. The maximum atomic E-state index is 12.1. The van der Waals surface area contributed by atoms with Crippen molar-refractivity contribution in [3.05, 3.63) is 29.3 Å². The number of hydrogen-bond donors (Lipinski definition) is 2. The van der Waals surface area contributed by atoms with Crippen molar-refractivity contribution in [2.45, 2.75) is 26.4 Å². The summed E-state index contributed by atoms with van der Waals surface area (Å²) in [4.78, 5) is 13.7. The zero-order chi connectivity index (χ0) is 13.0. The first-order chi connectivity index (χ1) is 7.91. The lowest BCUT2D eigenvalue weighted by Gasteiger charge is -2.19. The molecule has 0 saturated heterocycles. The first-order valence-corrected chi connectivity index (χ1v) is 5.71. The zero-order valence-corrected chi connectivity index (χ0v) is 11.8. The minimum atomic E-state index is -0.396. The summed E-state index contributed by atoms with van der Waals surface area (Å²) in [7, 11) is 1.73. The molecule has 0 spiro atoms. The van der Waals surface area contributed by atoms with Crippen molar-refractivity contribution >= 4 is 24.0 Å². The molecule has 0 saturated carbocycles. The molecule has 1 aromatic rings. The number of benzene rings is 1. The fourth-order valence-corrected chi connectivity index (χ4v) is 1.56. The molecule has 0 heterocycles. The number of nitrogens with two attached hydrogens (primary N) is 1. The highest BCUT2D eigenvalue weighted by Gasteiger charge is 2.14. The lowest BCUT2D eigenvalue weighted by Crippen LogP contribution is -2.30. The topological polar surface area (TPSA) is 66.6 Å². The van der Waals surface area contributed by atoms with Crippen LogP contribution in [0, 0.1) is 6.92 Å². The van der Waals surface area contributed by atoms with Crippen LogP contribution in [0.25, 0.3) is 0 Å². The van der Waals surface area contributed by atoms with Gasteiger partial charge in [0.15, 0.2) is 0 Å². The molecule has 0 aliphatic carbocycles. The van der Waals surface area contributed by atoms with Gasteiger partial charge in [-0.2, -0.15) is 0 Å². The molecule has 0 aliphatic heterocycles. The Bertz CT molecular complexity index is 408. The maximum Gasteiger partial charge on any atom is 0.253 e. The molecule has 18 heavy (non-hydrogen) atoms. The van der Waals surface area contributed by atoms with E-state index in [0.717, 1.165) is 5.56 Å². The summed E-state index contributed by atoms with van der Waals surface area (Å²) in [5.41, 5.74) is 7.80. The number of aliphatic hydroxyl groups is 1. The largest absolute Gasteiger partial charge is 0.399 e. The van der Waals surface area contributed by atoms with Crippen molar-refractivity contribution in [3.63, 3.8) is 0 Å². The smallest absolute Gasteiger partial charge is 0.253 e. The molecule has 0 radical (unpaired) electrons. The lowest BCUT2D eigenvalue weighted by atomic mass is 10.1. The highest BCUT2D eigenvalue weighted by atomic mass is 35.5. The van der Waals surface area contributed by atoms with E-state index in [-0.39, 0.29) is 18.3 Å². The molecule has 3 N–H and O–H groups in total. The second-order valence-corrected chi connectivity index (χ2v) is 4.44. The van der Waals surface area contributed by atoms with E-state index in [1.54, 1.807) is 31.0 Å². The molecule has 102 valence electrons. The van der Waals surface area contributed by atoms with Crippen molar-refractivity contribution in [2.24, 2.45) is 0 Å². The second kappa shape index (κ2) is 7.24. The van der Waals surface area contributed by atoms with Gasteiger partial charge >= 0.3 is 0 Å². The molecule has 1 atom stereocenters. The molecular weight excluding hydrogens is 252 g/mol. The Kier molecular flexibility index (Phi) is 6.73. The van der Waals surface area contributed by atoms with Crippen molar-refractivity contribution < 1.29 is 9.90 Å². The summed E-state index contributed by atoms with van der Waals surface area (Å²) >= 11 is 0. The summed E-state index contributed by atoms with van der Waals surface area (Å²) in [6.07, 6.45) is 0.177. The van der Waals surface area contributed by atoms with Gasteiger partial charge < -0.3 is 15.7 Å². The molecular formula is C13H21ClN2O2. The second-order valence-electron chi connectivity index (χ2n) is 4.44. The average Bonchev–Trinajstić information content (AvgIpc) is 2.28. The summed E-state index contributed by atoms with van der Waals surface area (Å²) in [6.45, 7) is 4.13. The zero-order valence-electron chi connectivity index (χ0n) is 11.0. The van der Waals surface area contributed by atoms with E-state index >= 15 is 0 Å². The third-order valence-corrected chi connectivity index (χ3v) is 2.72. The van der Waals surface area contributed by atoms with E-state index in [1.807, 2.05) is 13.0 Å². The maximum absolute atomic E-state index is 12.1. The molecule has 1 unspecified atom stereocenters. The number of halogens is 1. The fraction of sp³-hybridized carbons (Fsp3) is 0.462. The highest BCUT2D eigenvalue weighted by molar-refractivity contribution is 5.96. The Balaban J connectivity index is 0.00000289. The van der Waals surface area contributed by atoms with Gasteiger partial charge in [0.05, 0.1) is 6.10 Å². The van der Waals surface area contributed by atoms with E-state index in [1.165, 1.54) is 0 Å². The summed E-state index contributed by atoms with van der Waals surface area (Å²) in [5.74, 6) is -0.0598. The fourth-order valence-electron chi connectivity index (χ4n) is 1.56. The number of rotatable bonds is 4. The minimum Gasteiger partial charge on any atom is -0.399 e. The van der Waals surface area contributed by atoms with Gasteiger partial charge in [0.1, 0.15) is 0 Å². The molecule has 0 aromatic heterocycles. The Morgan fingerprint density at radius 3 is 2.67 bits per heavy atom. The highest BCUT2D eigenvalue weighted by Crippen LogP contribution is 2.14. The molecule has 4 nitrogen and oxygen atoms in total. The third-order valence-electron chi connectivity index (χ3n) is 2.72. The predicted molar refractivity (Wildman–Crippen MR) is 76.1 cm³/mol. The number of carbonyl (C=O) groups is 1. The monoisotopic (exact) mass is 272 g/mol. The summed E-state index contributed by atoms with van der Waals surface area (Å²) < 4.78 is 0. The number of anilines is 1. The van der Waals surface area contributed by atoms with Gasteiger partial charge in [0.25, 0.3) is 5.91 Å². The van der Waals surface area contributed by atoms with E-state index in [9.17, 15) is 9.90 Å². The van der Waals surface area contributed by atoms with Crippen LogP contribution in [-0.4, -0.2) is 35.6 Å². The van der Waals surface area contributed by atoms with E-state index in [0.29, 0.717) is 24.2 Å². The predicted octanol–water partition coefficient (Wildman–Crippen LogP) is 1.84. The Morgan fingerprint density at radius 2 is 2.11 bits per heavy atom. The van der Waals surface area contributed by atoms with Crippen LogP contribution in [0.5, 0.6) is 0 Å². The number of nitrogens with zero attached hydrogens (tertiary/aromatic N) is 1. The number of hydrogen-bond acceptors (Lipinski definition) is 3. The van der Waals surface area contributed by atoms with Crippen molar-refractivity contribution in [2.75, 3.05) is 19.3 Å².